The van der Waals surface area contributed by atoms with Gasteiger partial charge in [-0.1, -0.05) is 0 Å². The molecule has 0 saturated heterocycles. The Labute approximate surface area is 155 Å². The van der Waals surface area contributed by atoms with Gasteiger partial charge in [0.2, 0.25) is 0 Å². The minimum Gasteiger partial charge on any atom is -0.457 e. The van der Waals surface area contributed by atoms with E-state index in [1.54, 1.807) is 0 Å². The summed E-state index contributed by atoms with van der Waals surface area (Å²) in [6.07, 6.45) is -6.86. The van der Waals surface area contributed by atoms with E-state index in [1.165, 1.54) is 0 Å². The van der Waals surface area contributed by atoms with Crippen molar-refractivity contribution in [2.45, 2.75) is 71.2 Å². The molecule has 1 aliphatic carbocycles. The Morgan fingerprint density at radius 3 is 0.889 bits per heavy atom. The molecule has 0 unspecified atom stereocenters. The molecule has 0 aromatic rings. The van der Waals surface area contributed by atoms with Gasteiger partial charge in [0.25, 0.3) is 0 Å². The Morgan fingerprint density at radius 1 is 0.481 bits per heavy atom. The van der Waals surface area contributed by atoms with Gasteiger partial charge in [-0.25, -0.2) is 0 Å². The Morgan fingerprint density at radius 2 is 0.667 bits per heavy atom. The van der Waals surface area contributed by atoms with E-state index >= 15 is 0 Å². The van der Waals surface area contributed by atoms with E-state index in [9.17, 15) is 24.0 Å². The Balaban J connectivity index is 3.46. The summed E-state index contributed by atoms with van der Waals surface area (Å²) in [6.45, 7) is 5.43. The minimum atomic E-state index is -1.43. The highest BCUT2D eigenvalue weighted by Crippen LogP contribution is 2.31. The first-order valence-electron chi connectivity index (χ1n) is 8.05. The highest BCUT2D eigenvalue weighted by molar-refractivity contribution is 5.70. The molecule has 1 aliphatic rings. The maximum absolute atomic E-state index is 11.6. The number of hydrogen-bond donors (Lipinski definition) is 1. The molecule has 0 aromatic heterocycles. The predicted octanol–water partition coefficient (Wildman–Crippen LogP) is -1.01. The van der Waals surface area contributed by atoms with E-state index in [2.05, 4.69) is 0 Å². The van der Waals surface area contributed by atoms with Crippen molar-refractivity contribution in [1.82, 2.24) is 0 Å². The molecule has 2 N–H and O–H groups in total. The van der Waals surface area contributed by atoms with Crippen LogP contribution in [0, 0.1) is 0 Å². The smallest absolute Gasteiger partial charge is 0.303 e. The van der Waals surface area contributed by atoms with E-state index in [4.69, 9.17) is 29.4 Å². The van der Waals surface area contributed by atoms with Crippen molar-refractivity contribution in [2.75, 3.05) is 0 Å². The van der Waals surface area contributed by atoms with Gasteiger partial charge in [-0.3, -0.25) is 24.0 Å². The van der Waals surface area contributed by atoms with Crippen molar-refractivity contribution >= 4 is 29.8 Å². The molecule has 0 radical (unpaired) electrons. The summed E-state index contributed by atoms with van der Waals surface area (Å²) in [6, 6.07) is -1.24. The number of hydrogen-bond acceptors (Lipinski definition) is 11. The van der Waals surface area contributed by atoms with Crippen LogP contribution in [0.5, 0.6) is 0 Å². The maximum Gasteiger partial charge on any atom is 0.303 e. The van der Waals surface area contributed by atoms with E-state index in [0.717, 1.165) is 34.6 Å². The molecule has 152 valence electrons. The third-order valence-electron chi connectivity index (χ3n) is 3.56. The van der Waals surface area contributed by atoms with Crippen molar-refractivity contribution in [3.05, 3.63) is 0 Å². The zero-order valence-electron chi connectivity index (χ0n) is 15.6. The van der Waals surface area contributed by atoms with E-state index in [0.29, 0.717) is 0 Å². The molecule has 1 rings (SSSR count). The lowest BCUT2D eigenvalue weighted by Gasteiger charge is -2.46. The Bertz CT molecular complexity index is 574. The van der Waals surface area contributed by atoms with Crippen LogP contribution in [0.4, 0.5) is 0 Å². The third-order valence-corrected chi connectivity index (χ3v) is 3.56. The van der Waals surface area contributed by atoms with Crippen molar-refractivity contribution < 1.29 is 47.7 Å². The van der Waals surface area contributed by atoms with Gasteiger partial charge in [-0.05, 0) is 0 Å². The second kappa shape index (κ2) is 9.31. The highest BCUT2D eigenvalue weighted by atomic mass is 16.6. The summed E-state index contributed by atoms with van der Waals surface area (Å²) < 4.78 is 25.7. The van der Waals surface area contributed by atoms with Crippen LogP contribution in [0.3, 0.4) is 0 Å². The summed E-state index contributed by atoms with van der Waals surface area (Å²) in [4.78, 5) is 57.6. The van der Waals surface area contributed by atoms with Crippen LogP contribution in [-0.4, -0.2) is 66.4 Å². The topological polar surface area (TPSA) is 158 Å². The van der Waals surface area contributed by atoms with Gasteiger partial charge in [0, 0.05) is 34.6 Å². The lowest BCUT2D eigenvalue weighted by molar-refractivity contribution is -0.234. The third kappa shape index (κ3) is 6.20. The van der Waals surface area contributed by atoms with Crippen LogP contribution in [0.25, 0.3) is 0 Å². The van der Waals surface area contributed by atoms with Gasteiger partial charge in [0.1, 0.15) is 0 Å². The highest BCUT2D eigenvalue weighted by Gasteiger charge is 2.57. The lowest BCUT2D eigenvalue weighted by Crippen LogP contribution is -2.70. The lowest BCUT2D eigenvalue weighted by atomic mass is 9.82. The van der Waals surface area contributed by atoms with Gasteiger partial charge < -0.3 is 29.4 Å². The molecule has 0 heterocycles. The fourth-order valence-electron chi connectivity index (χ4n) is 2.84. The minimum absolute atomic E-state index is 0.762. The average Bonchev–Trinajstić information content (AvgIpc) is 2.49. The van der Waals surface area contributed by atoms with Gasteiger partial charge in [0.05, 0.1) is 6.04 Å². The molecule has 1 saturated carbocycles. The maximum atomic E-state index is 11.6. The Kier molecular flexibility index (Phi) is 7.70. The molecule has 27 heavy (non-hydrogen) atoms. The molecule has 6 atom stereocenters. The molecule has 11 nitrogen and oxygen atoms in total. The van der Waals surface area contributed by atoms with Crippen molar-refractivity contribution in [1.29, 1.82) is 0 Å². The van der Waals surface area contributed by atoms with E-state index < -0.39 is 66.4 Å². The molecule has 0 aliphatic heterocycles. The number of ether oxygens (including phenoxy) is 5. The van der Waals surface area contributed by atoms with Gasteiger partial charge in [-0.15, -0.1) is 0 Å². The second-order valence-electron chi connectivity index (χ2n) is 5.95. The summed E-state index contributed by atoms with van der Waals surface area (Å²) in [5.74, 6) is -3.89. The van der Waals surface area contributed by atoms with Crippen LogP contribution in [0.2, 0.25) is 0 Å². The molecule has 0 aromatic carbocycles. The SMILES string of the molecule is CC(=O)O[C@@H]1[C@H](OC(C)=O)[C@H](OC(C)=O)[C@@H](N)[C@H](OC(C)=O)[C@H]1OC(C)=O. The fourth-order valence-corrected chi connectivity index (χ4v) is 2.84. The van der Waals surface area contributed by atoms with Crippen LogP contribution in [0.15, 0.2) is 0 Å². The monoisotopic (exact) mass is 389 g/mol. The summed E-state index contributed by atoms with van der Waals surface area (Å²) >= 11 is 0. The number of esters is 5. The first kappa shape index (κ1) is 22.4. The summed E-state index contributed by atoms with van der Waals surface area (Å²) in [5, 5.41) is 0. The fraction of sp³-hybridized carbons (Fsp3) is 0.688. The first-order valence-corrected chi connectivity index (χ1v) is 8.05. The second-order valence-corrected chi connectivity index (χ2v) is 5.95. The zero-order valence-corrected chi connectivity index (χ0v) is 15.6. The first-order chi connectivity index (χ1) is 12.4. The summed E-state index contributed by atoms with van der Waals surface area (Å²) in [7, 11) is 0. The van der Waals surface area contributed by atoms with Gasteiger partial charge in [-0.2, -0.15) is 0 Å². The number of carbonyl (C=O) groups is 5. The molecule has 1 fully saturated rings. The molecule has 11 heteroatoms. The van der Waals surface area contributed by atoms with Crippen LogP contribution in [-0.2, 0) is 47.7 Å². The standard InChI is InChI=1S/C16H23NO10/c1-6(18)23-12-11(17)13(24-7(2)19)15(26-9(4)21)16(27-10(5)22)14(12)25-8(3)20/h11-16H,17H2,1-5H3/t11-,12-,13+,14-,15-,16-/m1/s1. The van der Waals surface area contributed by atoms with E-state index in [1.807, 2.05) is 0 Å². The van der Waals surface area contributed by atoms with Crippen molar-refractivity contribution in [2.24, 2.45) is 5.73 Å². The van der Waals surface area contributed by atoms with Gasteiger partial charge in [0.15, 0.2) is 30.5 Å². The molecular formula is C16H23NO10. The van der Waals surface area contributed by atoms with Crippen molar-refractivity contribution in [3.8, 4) is 0 Å². The van der Waals surface area contributed by atoms with Crippen molar-refractivity contribution in [3.63, 3.8) is 0 Å². The molecule has 0 bridgehead atoms. The Hall–Kier alpha value is -2.69. The molecule has 0 amide bonds. The number of carbonyl (C=O) groups excluding carboxylic acids is 5. The molecule has 0 spiro atoms. The van der Waals surface area contributed by atoms with Crippen LogP contribution >= 0.6 is 0 Å². The van der Waals surface area contributed by atoms with Crippen LogP contribution in [0.1, 0.15) is 34.6 Å². The number of rotatable bonds is 5. The van der Waals surface area contributed by atoms with Crippen LogP contribution < -0.4 is 5.73 Å². The number of nitrogens with two attached hydrogens (primary N) is 1. The van der Waals surface area contributed by atoms with Gasteiger partial charge >= 0.3 is 29.8 Å². The predicted molar refractivity (Wildman–Crippen MR) is 85.7 cm³/mol. The largest absolute Gasteiger partial charge is 0.457 e. The molecular weight excluding hydrogens is 366 g/mol. The quantitative estimate of drug-likeness (QED) is 0.453. The van der Waals surface area contributed by atoms with E-state index in [-0.39, 0.29) is 0 Å². The normalized spacial score (nSPS) is 29.9. The average molecular weight is 389 g/mol. The zero-order chi connectivity index (χ0) is 20.9. The summed E-state index contributed by atoms with van der Waals surface area (Å²) in [5.41, 5.74) is 6.07.